The molecular formula is C19H38N3O10+. The number of hydrogen-bond acceptors (Lipinski definition) is 11. The van der Waals surface area contributed by atoms with E-state index in [0.29, 0.717) is 106 Å². The summed E-state index contributed by atoms with van der Waals surface area (Å²) in [5.74, 6) is -0.874. The molecule has 0 bridgehead atoms. The summed E-state index contributed by atoms with van der Waals surface area (Å²) in [6.07, 6.45) is -0.000337. The molecule has 0 atom stereocenters. The van der Waals surface area contributed by atoms with Crippen molar-refractivity contribution >= 4 is 5.97 Å². The molecule has 2 N–H and O–H groups in total. The zero-order chi connectivity index (χ0) is 23.4. The highest BCUT2D eigenvalue weighted by atomic mass is 16.6. The molecule has 0 aromatic rings. The molecule has 0 radical (unpaired) electrons. The van der Waals surface area contributed by atoms with Gasteiger partial charge in [-0.3, -0.25) is 4.79 Å². The Morgan fingerprint density at radius 2 is 0.844 bits per heavy atom. The topological polar surface area (TPSA) is 161 Å². The Kier molecular flexibility index (Phi) is 26.2. The van der Waals surface area contributed by atoms with Crippen LogP contribution >= 0.6 is 0 Å². The van der Waals surface area contributed by atoms with Gasteiger partial charge in [-0.15, -0.1) is 0 Å². The third-order valence-electron chi connectivity index (χ3n) is 3.47. The molecule has 0 spiro atoms. The van der Waals surface area contributed by atoms with Gasteiger partial charge in [0.2, 0.25) is 4.91 Å². The Morgan fingerprint density at radius 3 is 1.12 bits per heavy atom. The van der Waals surface area contributed by atoms with Crippen LogP contribution in [0.25, 0.3) is 0 Å². The second-order valence-corrected chi connectivity index (χ2v) is 6.01. The van der Waals surface area contributed by atoms with Crippen LogP contribution in [0.3, 0.4) is 0 Å². The molecule has 0 fully saturated rings. The molecule has 0 saturated heterocycles. The van der Waals surface area contributed by atoms with Gasteiger partial charge in [-0.2, -0.15) is 0 Å². The van der Waals surface area contributed by atoms with Gasteiger partial charge >= 0.3 is 5.97 Å². The average Bonchev–Trinajstić information content (AvgIpc) is 2.78. The minimum absolute atomic E-state index is 0.000337. The lowest BCUT2D eigenvalue weighted by Gasteiger charge is -2.08. The molecule has 0 heterocycles. The first kappa shape index (κ1) is 30.5. The third kappa shape index (κ3) is 28.5. The number of carbonyl (C=O) groups is 1. The van der Waals surface area contributed by atoms with Crippen LogP contribution in [0.5, 0.6) is 0 Å². The van der Waals surface area contributed by atoms with Gasteiger partial charge < -0.3 is 43.0 Å². The Labute approximate surface area is 188 Å². The summed E-state index contributed by atoms with van der Waals surface area (Å²) in [6, 6.07) is 0. The molecule has 0 aliphatic heterocycles. The van der Waals surface area contributed by atoms with Crippen molar-refractivity contribution in [2.75, 3.05) is 112 Å². The van der Waals surface area contributed by atoms with Crippen molar-refractivity contribution in [3.05, 3.63) is 0 Å². The lowest BCUT2D eigenvalue weighted by atomic mass is 10.5. The Hall–Kier alpha value is -1.54. The van der Waals surface area contributed by atoms with E-state index in [2.05, 4.69) is 10.0 Å². The first-order chi connectivity index (χ1) is 15.8. The predicted molar refractivity (Wildman–Crippen MR) is 111 cm³/mol. The van der Waals surface area contributed by atoms with Crippen LogP contribution in [0.4, 0.5) is 0 Å². The molecule has 0 aromatic heterocycles. The Bertz CT molecular complexity index is 427. The molecule has 32 heavy (non-hydrogen) atoms. The molecule has 13 heteroatoms. The van der Waals surface area contributed by atoms with Gasteiger partial charge in [0.25, 0.3) is 0 Å². The molecule has 0 unspecified atom stereocenters. The van der Waals surface area contributed by atoms with Crippen molar-refractivity contribution in [3.8, 4) is 0 Å². The molecule has 0 aromatic carbocycles. The number of nitrogens with one attached hydrogen (secondary N) is 1. The number of carboxylic acid groups (broad SMARTS) is 1. The van der Waals surface area contributed by atoms with Gasteiger partial charge in [-0.05, 0) is 0 Å². The maximum Gasteiger partial charge on any atom is 0.305 e. The fourth-order valence-electron chi connectivity index (χ4n) is 1.96. The van der Waals surface area contributed by atoms with Crippen molar-refractivity contribution in [3.63, 3.8) is 0 Å². The summed E-state index contributed by atoms with van der Waals surface area (Å²) < 4.78 is 42.4. The second kappa shape index (κ2) is 27.5. The van der Waals surface area contributed by atoms with E-state index < -0.39 is 5.97 Å². The summed E-state index contributed by atoms with van der Waals surface area (Å²) in [7, 11) is 0. The molecule has 0 saturated carbocycles. The lowest BCUT2D eigenvalue weighted by molar-refractivity contribution is -0.138. The van der Waals surface area contributed by atoms with E-state index in [4.69, 9.17) is 48.5 Å². The van der Waals surface area contributed by atoms with Gasteiger partial charge in [0.15, 0.2) is 0 Å². The SMILES string of the molecule is N=[N+]=NCCOCCOCCOCCOCCOCCOCCOCCOCCC(=O)O. The molecule has 0 aliphatic carbocycles. The van der Waals surface area contributed by atoms with E-state index in [1.165, 1.54) is 0 Å². The minimum Gasteiger partial charge on any atom is -0.481 e. The summed E-state index contributed by atoms with van der Waals surface area (Å²) >= 11 is 0. The summed E-state index contributed by atoms with van der Waals surface area (Å²) in [6.45, 7) is 7.55. The van der Waals surface area contributed by atoms with Gasteiger partial charge in [0, 0.05) is 0 Å². The number of aliphatic carboxylic acids is 1. The Balaban J connectivity index is 3.02. The van der Waals surface area contributed by atoms with E-state index in [1.807, 2.05) is 0 Å². The van der Waals surface area contributed by atoms with Crippen molar-refractivity contribution < 1.29 is 47.8 Å². The number of nitrogens with zero attached hydrogens (tertiary/aromatic N) is 2. The molecule has 188 valence electrons. The molecule has 0 rings (SSSR count). The van der Waals surface area contributed by atoms with E-state index in [9.17, 15) is 4.79 Å². The van der Waals surface area contributed by atoms with Crippen molar-refractivity contribution in [2.45, 2.75) is 6.42 Å². The number of carboxylic acids is 1. The highest BCUT2D eigenvalue weighted by molar-refractivity contribution is 5.66. The van der Waals surface area contributed by atoms with Crippen molar-refractivity contribution in [2.24, 2.45) is 5.11 Å². The lowest BCUT2D eigenvalue weighted by Crippen LogP contribution is -2.15. The monoisotopic (exact) mass is 468 g/mol. The largest absolute Gasteiger partial charge is 0.481 e. The predicted octanol–water partition coefficient (Wildman–Crippen LogP) is 0.144. The number of rotatable bonds is 27. The molecule has 13 nitrogen and oxygen atoms in total. The molecular weight excluding hydrogens is 430 g/mol. The fraction of sp³-hybridized carbons (Fsp3) is 0.947. The number of ether oxygens (including phenoxy) is 8. The summed E-state index contributed by atoms with van der Waals surface area (Å²) in [5.41, 5.74) is 6.48. The van der Waals surface area contributed by atoms with Crippen LogP contribution in [0.2, 0.25) is 0 Å². The minimum atomic E-state index is -0.874. The van der Waals surface area contributed by atoms with Gasteiger partial charge in [0.05, 0.1) is 112 Å². The molecule has 0 aliphatic rings. The summed E-state index contributed by atoms with van der Waals surface area (Å²) in [5, 5.41) is 11.9. The van der Waals surface area contributed by atoms with Crippen LogP contribution < -0.4 is 4.91 Å². The normalized spacial score (nSPS) is 10.9. The van der Waals surface area contributed by atoms with E-state index in [1.54, 1.807) is 0 Å². The van der Waals surface area contributed by atoms with Crippen LogP contribution in [0.15, 0.2) is 5.11 Å². The van der Waals surface area contributed by atoms with Crippen LogP contribution in [-0.2, 0) is 42.7 Å². The standard InChI is InChI=1S/C19H37N3O10/c20-22-21-2-4-26-6-8-28-10-12-30-14-16-32-18-17-31-15-13-29-11-9-27-7-5-25-3-1-19(23)24/h20H,1-18H2/p+1. The van der Waals surface area contributed by atoms with E-state index in [0.717, 1.165) is 0 Å². The average molecular weight is 469 g/mol. The third-order valence-corrected chi connectivity index (χ3v) is 3.47. The van der Waals surface area contributed by atoms with Crippen molar-refractivity contribution in [1.29, 1.82) is 5.53 Å². The van der Waals surface area contributed by atoms with Crippen molar-refractivity contribution in [1.82, 2.24) is 4.91 Å². The van der Waals surface area contributed by atoms with Gasteiger partial charge in [-0.25, -0.2) is 0 Å². The summed E-state index contributed by atoms with van der Waals surface area (Å²) in [4.78, 5) is 13.2. The van der Waals surface area contributed by atoms with E-state index in [-0.39, 0.29) is 13.0 Å². The first-order valence-corrected chi connectivity index (χ1v) is 10.6. The smallest absolute Gasteiger partial charge is 0.305 e. The second-order valence-electron chi connectivity index (χ2n) is 6.01. The quantitative estimate of drug-likeness (QED) is 0.0963. The highest BCUT2D eigenvalue weighted by Crippen LogP contribution is 1.86. The first-order valence-electron chi connectivity index (χ1n) is 10.6. The number of hydrogen-bond donors (Lipinski definition) is 2. The maximum atomic E-state index is 10.3. The van der Waals surface area contributed by atoms with E-state index >= 15 is 0 Å². The van der Waals surface area contributed by atoms with Crippen LogP contribution in [0, 0.1) is 5.53 Å². The highest BCUT2D eigenvalue weighted by Gasteiger charge is 1.97. The maximum absolute atomic E-state index is 10.3. The molecule has 0 amide bonds. The van der Waals surface area contributed by atoms with Gasteiger partial charge in [0.1, 0.15) is 17.2 Å². The van der Waals surface area contributed by atoms with Crippen LogP contribution in [-0.4, -0.2) is 123 Å². The van der Waals surface area contributed by atoms with Gasteiger partial charge in [-0.1, -0.05) is 0 Å². The zero-order valence-corrected chi connectivity index (χ0v) is 18.7. The fourth-order valence-corrected chi connectivity index (χ4v) is 1.96. The Morgan fingerprint density at radius 1 is 0.562 bits per heavy atom. The van der Waals surface area contributed by atoms with Crippen LogP contribution in [0.1, 0.15) is 6.42 Å². The zero-order valence-electron chi connectivity index (χ0n) is 18.7.